The van der Waals surface area contributed by atoms with Gasteiger partial charge in [0.2, 0.25) is 0 Å². The molecule has 0 spiro atoms. The van der Waals surface area contributed by atoms with Crippen LogP contribution in [0.5, 0.6) is 0 Å². The molecule has 1 aliphatic rings. The maximum Gasteiger partial charge on any atom is 0.298 e. The predicted octanol–water partition coefficient (Wildman–Crippen LogP) is 2.71. The van der Waals surface area contributed by atoms with E-state index in [1.807, 2.05) is 0 Å². The van der Waals surface area contributed by atoms with Gasteiger partial charge in [-0.3, -0.25) is 9.59 Å². The molecule has 0 saturated carbocycles. The molecule has 1 aromatic carbocycles. The van der Waals surface area contributed by atoms with Crippen molar-refractivity contribution in [3.05, 3.63) is 33.7 Å². The standard InChI is InChI=1S/C18H17ClFN3O2/c1-3-13(24)23-6-4-5-10(8-23)14-12(20)7-11(18(21)25)17-15(14)16(19)9(2)22-17/h1,7,10,22H,4-6,8H2,2H3,(H2,21,25). The number of aromatic nitrogens is 1. The van der Waals surface area contributed by atoms with Crippen LogP contribution in [0, 0.1) is 25.1 Å². The van der Waals surface area contributed by atoms with Crippen LogP contribution >= 0.6 is 11.6 Å². The Kier molecular flexibility index (Phi) is 4.44. The molecule has 0 aliphatic carbocycles. The van der Waals surface area contributed by atoms with Gasteiger partial charge in [-0.15, -0.1) is 6.42 Å². The first kappa shape index (κ1) is 17.3. The van der Waals surface area contributed by atoms with Gasteiger partial charge in [-0.2, -0.15) is 0 Å². The van der Waals surface area contributed by atoms with E-state index in [-0.39, 0.29) is 11.5 Å². The summed E-state index contributed by atoms with van der Waals surface area (Å²) in [5.74, 6) is 0.138. The van der Waals surface area contributed by atoms with Crippen molar-refractivity contribution in [2.75, 3.05) is 13.1 Å². The Morgan fingerprint density at radius 2 is 2.24 bits per heavy atom. The second-order valence-corrected chi connectivity index (χ2v) is 6.61. The van der Waals surface area contributed by atoms with Crippen molar-refractivity contribution in [2.45, 2.75) is 25.7 Å². The van der Waals surface area contributed by atoms with Gasteiger partial charge in [0, 0.05) is 35.7 Å². The lowest BCUT2D eigenvalue weighted by atomic mass is 9.87. The molecule has 1 unspecified atom stereocenters. The summed E-state index contributed by atoms with van der Waals surface area (Å²) < 4.78 is 14.9. The highest BCUT2D eigenvalue weighted by Gasteiger charge is 2.30. The summed E-state index contributed by atoms with van der Waals surface area (Å²) in [6.45, 7) is 2.60. The monoisotopic (exact) mass is 361 g/mol. The van der Waals surface area contributed by atoms with Crippen LogP contribution in [-0.2, 0) is 4.79 Å². The van der Waals surface area contributed by atoms with E-state index in [0.29, 0.717) is 53.1 Å². The minimum Gasteiger partial charge on any atom is -0.366 e. The van der Waals surface area contributed by atoms with E-state index in [0.717, 1.165) is 6.07 Å². The largest absolute Gasteiger partial charge is 0.366 e. The zero-order valence-electron chi connectivity index (χ0n) is 13.7. The smallest absolute Gasteiger partial charge is 0.298 e. The van der Waals surface area contributed by atoms with Crippen molar-refractivity contribution in [1.82, 2.24) is 9.88 Å². The van der Waals surface area contributed by atoms with Gasteiger partial charge in [-0.05, 0) is 31.8 Å². The summed E-state index contributed by atoms with van der Waals surface area (Å²) in [5.41, 5.74) is 6.87. The molecule has 2 amide bonds. The second-order valence-electron chi connectivity index (χ2n) is 6.23. The molecule has 2 heterocycles. The first-order chi connectivity index (χ1) is 11.8. The number of amides is 2. The number of fused-ring (bicyclic) bond motifs is 1. The van der Waals surface area contributed by atoms with Crippen LogP contribution in [0.3, 0.4) is 0 Å². The van der Waals surface area contributed by atoms with Gasteiger partial charge in [0.05, 0.1) is 16.1 Å². The first-order valence-electron chi connectivity index (χ1n) is 7.90. The molecule has 1 saturated heterocycles. The fourth-order valence-corrected chi connectivity index (χ4v) is 3.78. The number of aromatic amines is 1. The van der Waals surface area contributed by atoms with Gasteiger partial charge in [-0.25, -0.2) is 4.39 Å². The highest BCUT2D eigenvalue weighted by Crippen LogP contribution is 2.40. The van der Waals surface area contributed by atoms with E-state index in [1.165, 1.54) is 4.90 Å². The summed E-state index contributed by atoms with van der Waals surface area (Å²) in [7, 11) is 0. The summed E-state index contributed by atoms with van der Waals surface area (Å²) in [6, 6.07) is 1.13. The van der Waals surface area contributed by atoms with E-state index in [9.17, 15) is 14.0 Å². The van der Waals surface area contributed by atoms with E-state index < -0.39 is 17.6 Å². The molecule has 5 nitrogen and oxygen atoms in total. The number of hydrogen-bond acceptors (Lipinski definition) is 2. The number of nitrogens with two attached hydrogens (primary N) is 1. The lowest BCUT2D eigenvalue weighted by Crippen LogP contribution is -2.38. The van der Waals surface area contributed by atoms with Crippen LogP contribution < -0.4 is 5.73 Å². The van der Waals surface area contributed by atoms with Crippen LogP contribution in [-0.4, -0.2) is 34.8 Å². The summed E-state index contributed by atoms with van der Waals surface area (Å²) in [5, 5.41) is 0.806. The minimum atomic E-state index is -0.735. The number of primary amides is 1. The van der Waals surface area contributed by atoms with Crippen molar-refractivity contribution in [3.63, 3.8) is 0 Å². The molecule has 1 aliphatic heterocycles. The molecule has 25 heavy (non-hydrogen) atoms. The average molecular weight is 362 g/mol. The summed E-state index contributed by atoms with van der Waals surface area (Å²) in [6.07, 6.45) is 6.59. The molecule has 0 radical (unpaired) electrons. The number of rotatable bonds is 2. The normalized spacial score (nSPS) is 17.5. The average Bonchev–Trinajstić information content (AvgIpc) is 2.88. The number of benzene rings is 1. The van der Waals surface area contributed by atoms with Crippen molar-refractivity contribution < 1.29 is 14.0 Å². The predicted molar refractivity (Wildman–Crippen MR) is 93.9 cm³/mol. The highest BCUT2D eigenvalue weighted by atomic mass is 35.5. The number of nitrogens with one attached hydrogen (secondary N) is 1. The maximum atomic E-state index is 14.9. The number of carbonyl (C=O) groups is 2. The number of nitrogens with zero attached hydrogens (tertiary/aromatic N) is 1. The number of carbonyl (C=O) groups excluding carboxylic acids is 2. The summed E-state index contributed by atoms with van der Waals surface area (Å²) in [4.78, 5) is 28.0. The lowest BCUT2D eigenvalue weighted by Gasteiger charge is -2.32. The van der Waals surface area contributed by atoms with Crippen LogP contribution in [0.2, 0.25) is 5.02 Å². The molecule has 0 bridgehead atoms. The summed E-state index contributed by atoms with van der Waals surface area (Å²) >= 11 is 6.38. The third kappa shape index (κ3) is 2.85. The van der Waals surface area contributed by atoms with Crippen molar-refractivity contribution in [2.24, 2.45) is 5.73 Å². The highest BCUT2D eigenvalue weighted by molar-refractivity contribution is 6.37. The number of H-pyrrole nitrogens is 1. The number of aryl methyl sites for hydroxylation is 1. The zero-order chi connectivity index (χ0) is 18.3. The van der Waals surface area contributed by atoms with E-state index in [1.54, 1.807) is 6.92 Å². The molecule has 3 rings (SSSR count). The van der Waals surface area contributed by atoms with Crippen molar-refractivity contribution >= 4 is 34.3 Å². The second kappa shape index (κ2) is 6.41. The fraction of sp³-hybridized carbons (Fsp3) is 0.333. The quantitative estimate of drug-likeness (QED) is 0.806. The Morgan fingerprint density at radius 1 is 1.52 bits per heavy atom. The Balaban J connectivity index is 2.18. The lowest BCUT2D eigenvalue weighted by molar-refractivity contribution is -0.126. The molecular formula is C18H17ClFN3O2. The van der Waals surface area contributed by atoms with E-state index in [2.05, 4.69) is 10.9 Å². The Hall–Kier alpha value is -2.52. The molecule has 1 atom stereocenters. The molecule has 1 aromatic heterocycles. The van der Waals surface area contributed by atoms with Gasteiger partial charge >= 0.3 is 0 Å². The third-order valence-electron chi connectivity index (χ3n) is 4.68. The Morgan fingerprint density at radius 3 is 2.88 bits per heavy atom. The van der Waals surface area contributed by atoms with Gasteiger partial charge in [-0.1, -0.05) is 11.6 Å². The number of halogens is 2. The Labute approximate surface area is 149 Å². The van der Waals surface area contributed by atoms with Gasteiger partial charge < -0.3 is 15.6 Å². The molecule has 7 heteroatoms. The molecule has 3 N–H and O–H groups in total. The maximum absolute atomic E-state index is 14.9. The SMILES string of the molecule is C#CC(=O)N1CCCC(c2c(F)cc(C(N)=O)c3[nH]c(C)c(Cl)c23)C1. The van der Waals surface area contributed by atoms with E-state index >= 15 is 0 Å². The minimum absolute atomic E-state index is 0.0543. The van der Waals surface area contributed by atoms with E-state index in [4.69, 9.17) is 23.8 Å². The van der Waals surface area contributed by atoms with Crippen molar-refractivity contribution in [1.29, 1.82) is 0 Å². The number of terminal acetylenes is 1. The molecule has 2 aromatic rings. The van der Waals surface area contributed by atoms with Crippen LogP contribution in [0.1, 0.15) is 40.4 Å². The number of likely N-dealkylation sites (tertiary alicyclic amines) is 1. The zero-order valence-corrected chi connectivity index (χ0v) is 14.4. The molecular weight excluding hydrogens is 345 g/mol. The van der Waals surface area contributed by atoms with Crippen LogP contribution in [0.15, 0.2) is 6.07 Å². The van der Waals surface area contributed by atoms with Crippen molar-refractivity contribution in [3.8, 4) is 12.3 Å². The molecule has 130 valence electrons. The van der Waals surface area contributed by atoms with Crippen LogP contribution in [0.4, 0.5) is 4.39 Å². The van der Waals surface area contributed by atoms with Gasteiger partial charge in [0.1, 0.15) is 5.82 Å². The fourth-order valence-electron chi connectivity index (χ4n) is 3.54. The first-order valence-corrected chi connectivity index (χ1v) is 8.28. The van der Waals surface area contributed by atoms with Gasteiger partial charge in [0.15, 0.2) is 0 Å². The number of hydrogen-bond donors (Lipinski definition) is 2. The van der Waals surface area contributed by atoms with Gasteiger partial charge in [0.25, 0.3) is 11.8 Å². The van der Waals surface area contributed by atoms with Crippen LogP contribution in [0.25, 0.3) is 10.9 Å². The third-order valence-corrected chi connectivity index (χ3v) is 5.16. The topological polar surface area (TPSA) is 79.2 Å². The molecule has 1 fully saturated rings. The number of piperidine rings is 1. The Bertz CT molecular complexity index is 929.